The largest absolute Gasteiger partial charge is 0.342 e. The molecular formula is C16H28ClNO. The van der Waals surface area contributed by atoms with E-state index in [-0.39, 0.29) is 5.38 Å². The highest BCUT2D eigenvalue weighted by Gasteiger charge is 2.29. The molecule has 0 aromatic carbocycles. The highest BCUT2D eigenvalue weighted by Crippen LogP contribution is 2.28. The maximum absolute atomic E-state index is 12.6. The third-order valence-electron chi connectivity index (χ3n) is 4.96. The van der Waals surface area contributed by atoms with Crippen LogP contribution in [0.15, 0.2) is 0 Å². The predicted molar refractivity (Wildman–Crippen MR) is 80.4 cm³/mol. The lowest BCUT2D eigenvalue weighted by Gasteiger charge is -2.35. The quantitative estimate of drug-likeness (QED) is 0.696. The number of halogens is 1. The van der Waals surface area contributed by atoms with Gasteiger partial charge in [-0.15, -0.1) is 11.6 Å². The van der Waals surface area contributed by atoms with Gasteiger partial charge in [0.25, 0.3) is 0 Å². The number of alkyl halides is 1. The molecule has 19 heavy (non-hydrogen) atoms. The van der Waals surface area contributed by atoms with Gasteiger partial charge >= 0.3 is 0 Å². The Kier molecular flexibility index (Phi) is 6.00. The smallest absolute Gasteiger partial charge is 0.225 e. The maximum Gasteiger partial charge on any atom is 0.225 e. The Hall–Kier alpha value is -0.240. The second kappa shape index (κ2) is 7.52. The fraction of sp³-hybridized carbons (Fsp3) is 0.938. The molecule has 1 amide bonds. The topological polar surface area (TPSA) is 20.3 Å². The summed E-state index contributed by atoms with van der Waals surface area (Å²) in [5, 5.41) is 0.249. The van der Waals surface area contributed by atoms with E-state index < -0.39 is 0 Å². The molecule has 2 rings (SSSR count). The summed E-state index contributed by atoms with van der Waals surface area (Å²) in [4.78, 5) is 14.7. The zero-order valence-electron chi connectivity index (χ0n) is 12.2. The van der Waals surface area contributed by atoms with Crippen molar-refractivity contribution in [2.24, 2.45) is 11.8 Å². The van der Waals surface area contributed by atoms with Crippen molar-refractivity contribution in [3.63, 3.8) is 0 Å². The van der Waals surface area contributed by atoms with E-state index >= 15 is 0 Å². The van der Waals surface area contributed by atoms with Crippen LogP contribution in [0.5, 0.6) is 0 Å². The Morgan fingerprint density at radius 2 is 1.53 bits per heavy atom. The SMILES string of the molecule is CC(Cl)C1CCN(C(=O)C2CCCCCCC2)CC1. The molecule has 0 spiro atoms. The van der Waals surface area contributed by atoms with Crippen molar-refractivity contribution < 1.29 is 4.79 Å². The van der Waals surface area contributed by atoms with Gasteiger partial charge in [0.15, 0.2) is 0 Å². The zero-order chi connectivity index (χ0) is 13.7. The molecule has 0 N–H and O–H groups in total. The number of rotatable bonds is 2. The maximum atomic E-state index is 12.6. The van der Waals surface area contributed by atoms with Crippen LogP contribution in [0.2, 0.25) is 0 Å². The molecule has 0 aromatic rings. The molecule has 0 aromatic heterocycles. The van der Waals surface area contributed by atoms with Crippen LogP contribution in [-0.2, 0) is 4.79 Å². The Morgan fingerprint density at radius 3 is 2.05 bits per heavy atom. The van der Waals surface area contributed by atoms with Crippen molar-refractivity contribution in [1.82, 2.24) is 4.90 Å². The third-order valence-corrected chi connectivity index (χ3v) is 5.31. The molecule has 3 heteroatoms. The van der Waals surface area contributed by atoms with Crippen molar-refractivity contribution in [2.75, 3.05) is 13.1 Å². The van der Waals surface area contributed by atoms with E-state index in [1.165, 1.54) is 32.1 Å². The normalized spacial score (nSPS) is 25.7. The first kappa shape index (κ1) is 15.2. The first-order chi connectivity index (χ1) is 9.18. The molecule has 2 fully saturated rings. The number of carbonyl (C=O) groups excluding carboxylic acids is 1. The molecule has 1 saturated carbocycles. The van der Waals surface area contributed by atoms with Gasteiger partial charge in [0.05, 0.1) is 0 Å². The number of likely N-dealkylation sites (tertiary alicyclic amines) is 1. The van der Waals surface area contributed by atoms with Crippen molar-refractivity contribution >= 4 is 17.5 Å². The second-order valence-electron chi connectivity index (χ2n) is 6.38. The minimum Gasteiger partial charge on any atom is -0.342 e. The molecule has 0 bridgehead atoms. The Morgan fingerprint density at radius 1 is 1.00 bits per heavy atom. The average Bonchev–Trinajstić information content (AvgIpc) is 2.38. The highest BCUT2D eigenvalue weighted by molar-refractivity contribution is 6.20. The first-order valence-corrected chi connectivity index (χ1v) is 8.55. The summed E-state index contributed by atoms with van der Waals surface area (Å²) in [5.74, 6) is 1.34. The summed E-state index contributed by atoms with van der Waals surface area (Å²) in [5.41, 5.74) is 0. The molecule has 1 saturated heterocycles. The van der Waals surface area contributed by atoms with Gasteiger partial charge < -0.3 is 4.90 Å². The molecule has 110 valence electrons. The molecule has 1 aliphatic heterocycles. The van der Waals surface area contributed by atoms with Crippen LogP contribution >= 0.6 is 11.6 Å². The molecule has 1 unspecified atom stereocenters. The van der Waals surface area contributed by atoms with E-state index in [2.05, 4.69) is 11.8 Å². The van der Waals surface area contributed by atoms with Crippen LogP contribution in [0.3, 0.4) is 0 Å². The molecule has 1 aliphatic carbocycles. The van der Waals surface area contributed by atoms with E-state index in [0.29, 0.717) is 17.7 Å². The van der Waals surface area contributed by atoms with Crippen LogP contribution in [0.25, 0.3) is 0 Å². The van der Waals surface area contributed by atoms with E-state index in [9.17, 15) is 4.79 Å². The van der Waals surface area contributed by atoms with E-state index in [4.69, 9.17) is 11.6 Å². The van der Waals surface area contributed by atoms with Gasteiger partial charge in [-0.1, -0.05) is 32.1 Å². The summed E-state index contributed by atoms with van der Waals surface area (Å²) in [6.45, 7) is 3.94. The zero-order valence-corrected chi connectivity index (χ0v) is 13.0. The lowest BCUT2D eigenvalue weighted by Crippen LogP contribution is -2.43. The first-order valence-electron chi connectivity index (χ1n) is 8.11. The number of nitrogens with zero attached hydrogens (tertiary/aromatic N) is 1. The molecule has 1 atom stereocenters. The van der Waals surface area contributed by atoms with E-state index in [0.717, 1.165) is 38.8 Å². The molecule has 2 aliphatic rings. The van der Waals surface area contributed by atoms with Gasteiger partial charge in [-0.25, -0.2) is 0 Å². The number of amides is 1. The Bertz CT molecular complexity index is 276. The van der Waals surface area contributed by atoms with Crippen molar-refractivity contribution in [3.05, 3.63) is 0 Å². The lowest BCUT2D eigenvalue weighted by atomic mass is 9.88. The van der Waals surface area contributed by atoms with Crippen LogP contribution < -0.4 is 0 Å². The van der Waals surface area contributed by atoms with Crippen LogP contribution in [-0.4, -0.2) is 29.3 Å². The van der Waals surface area contributed by atoms with Crippen molar-refractivity contribution in [3.8, 4) is 0 Å². The van der Waals surface area contributed by atoms with E-state index in [1.807, 2.05) is 0 Å². The average molecular weight is 286 g/mol. The third kappa shape index (κ3) is 4.37. The standard InChI is InChI=1S/C16H28ClNO/c1-13(17)14-9-11-18(12-10-14)16(19)15-7-5-3-2-4-6-8-15/h13-15H,2-12H2,1H3. The van der Waals surface area contributed by atoms with Gasteiger partial charge in [-0.05, 0) is 38.5 Å². The molecule has 0 radical (unpaired) electrons. The van der Waals surface area contributed by atoms with Crippen LogP contribution in [0.4, 0.5) is 0 Å². The highest BCUT2D eigenvalue weighted by atomic mass is 35.5. The van der Waals surface area contributed by atoms with Crippen molar-refractivity contribution in [1.29, 1.82) is 0 Å². The number of hydrogen-bond donors (Lipinski definition) is 0. The van der Waals surface area contributed by atoms with Gasteiger partial charge in [-0.2, -0.15) is 0 Å². The Labute approximate surface area is 122 Å². The number of piperidine rings is 1. The molecule has 2 nitrogen and oxygen atoms in total. The summed E-state index contributed by atoms with van der Waals surface area (Å²) in [6, 6.07) is 0. The van der Waals surface area contributed by atoms with Crippen LogP contribution in [0.1, 0.15) is 64.7 Å². The van der Waals surface area contributed by atoms with Gasteiger partial charge in [-0.3, -0.25) is 4.79 Å². The van der Waals surface area contributed by atoms with Gasteiger partial charge in [0, 0.05) is 24.4 Å². The lowest BCUT2D eigenvalue weighted by molar-refractivity contribution is -0.137. The monoisotopic (exact) mass is 285 g/mol. The minimum absolute atomic E-state index is 0.249. The van der Waals surface area contributed by atoms with Crippen molar-refractivity contribution in [2.45, 2.75) is 70.1 Å². The van der Waals surface area contributed by atoms with Gasteiger partial charge in [0.2, 0.25) is 5.91 Å². The molecular weight excluding hydrogens is 258 g/mol. The summed E-state index contributed by atoms with van der Waals surface area (Å²) < 4.78 is 0. The second-order valence-corrected chi connectivity index (χ2v) is 7.07. The fourth-order valence-corrected chi connectivity index (χ4v) is 3.79. The summed E-state index contributed by atoms with van der Waals surface area (Å²) >= 11 is 6.17. The summed E-state index contributed by atoms with van der Waals surface area (Å²) in [6.07, 6.45) is 10.9. The van der Waals surface area contributed by atoms with Crippen LogP contribution in [0, 0.1) is 11.8 Å². The fourth-order valence-electron chi connectivity index (χ4n) is 3.54. The number of carbonyl (C=O) groups is 1. The number of hydrogen-bond acceptors (Lipinski definition) is 1. The molecule has 1 heterocycles. The predicted octanol–water partition coefficient (Wildman–Crippen LogP) is 4.21. The Balaban J connectivity index is 1.82. The van der Waals surface area contributed by atoms with Gasteiger partial charge in [0.1, 0.15) is 0 Å². The minimum atomic E-state index is 0.249. The summed E-state index contributed by atoms with van der Waals surface area (Å²) in [7, 11) is 0. The van der Waals surface area contributed by atoms with E-state index in [1.54, 1.807) is 0 Å².